The van der Waals surface area contributed by atoms with E-state index in [4.69, 9.17) is 4.74 Å². The third-order valence-corrected chi connectivity index (χ3v) is 4.95. The van der Waals surface area contributed by atoms with Gasteiger partial charge in [0, 0.05) is 13.1 Å². The molecule has 1 N–H and O–H groups in total. The Morgan fingerprint density at radius 2 is 2.04 bits per heavy atom. The van der Waals surface area contributed by atoms with Crippen LogP contribution in [0, 0.1) is 5.82 Å². The summed E-state index contributed by atoms with van der Waals surface area (Å²) in [5, 5.41) is 9.55. The van der Waals surface area contributed by atoms with Crippen LogP contribution in [0.2, 0.25) is 0 Å². The van der Waals surface area contributed by atoms with Crippen molar-refractivity contribution in [2.24, 2.45) is 0 Å². The van der Waals surface area contributed by atoms with E-state index < -0.39 is 28.1 Å². The van der Waals surface area contributed by atoms with Gasteiger partial charge in [0.25, 0.3) is 10.1 Å². The van der Waals surface area contributed by atoms with Gasteiger partial charge in [-0.1, -0.05) is 0 Å². The van der Waals surface area contributed by atoms with Gasteiger partial charge in [0.1, 0.15) is 18.5 Å². The van der Waals surface area contributed by atoms with Gasteiger partial charge in [0.15, 0.2) is 0 Å². The van der Waals surface area contributed by atoms with E-state index in [-0.39, 0.29) is 19.3 Å². The summed E-state index contributed by atoms with van der Waals surface area (Å²) in [5.41, 5.74) is 0.750. The molecule has 2 aliphatic heterocycles. The predicted molar refractivity (Wildman–Crippen MR) is 92.3 cm³/mol. The molecule has 0 aromatic heterocycles. The van der Waals surface area contributed by atoms with Crippen LogP contribution < -0.4 is 9.80 Å². The van der Waals surface area contributed by atoms with Crippen molar-refractivity contribution in [1.29, 1.82) is 0 Å². The highest BCUT2D eigenvalue weighted by molar-refractivity contribution is 7.85. The molecular weight excluding hydrogens is 367 g/mol. The van der Waals surface area contributed by atoms with Gasteiger partial charge in [-0.15, -0.1) is 0 Å². The Morgan fingerprint density at radius 1 is 1.35 bits per heavy atom. The summed E-state index contributed by atoms with van der Waals surface area (Å²) < 4.78 is 46.3. The second kappa shape index (κ2) is 7.37. The average molecular weight is 388 g/mol. The highest BCUT2D eigenvalue weighted by Gasteiger charge is 2.34. The lowest BCUT2D eigenvalue weighted by molar-refractivity contribution is 0.107. The standard InChI is InChI=1S/C16H21FN2O6S/c1-26(22,23)24-10-13-9-19(16(21)25-13)11-2-3-15(14(17)8-11)18-6-4-12(20)5-7-18/h2-3,8,12-13,20H,4-7,9-10H2,1H3/t13-/m1/s1. The Kier molecular flexibility index (Phi) is 5.35. The number of benzene rings is 1. The van der Waals surface area contributed by atoms with Crippen molar-refractivity contribution in [1.82, 2.24) is 0 Å². The van der Waals surface area contributed by atoms with Crippen molar-refractivity contribution in [3.63, 3.8) is 0 Å². The van der Waals surface area contributed by atoms with Crippen molar-refractivity contribution >= 4 is 27.6 Å². The lowest BCUT2D eigenvalue weighted by Gasteiger charge is -2.32. The molecule has 0 unspecified atom stereocenters. The van der Waals surface area contributed by atoms with Crippen LogP contribution in [-0.2, 0) is 19.0 Å². The van der Waals surface area contributed by atoms with E-state index in [1.807, 2.05) is 4.90 Å². The number of piperidine rings is 1. The number of carbonyl (C=O) groups is 1. The minimum Gasteiger partial charge on any atom is -0.441 e. The van der Waals surface area contributed by atoms with E-state index >= 15 is 0 Å². The number of rotatable bonds is 5. The van der Waals surface area contributed by atoms with E-state index in [1.54, 1.807) is 12.1 Å². The number of hydrogen-bond acceptors (Lipinski definition) is 7. The maximum absolute atomic E-state index is 14.5. The summed E-state index contributed by atoms with van der Waals surface area (Å²) in [5.74, 6) is -0.470. The fourth-order valence-corrected chi connectivity index (χ4v) is 3.44. The maximum Gasteiger partial charge on any atom is 0.414 e. The molecule has 0 spiro atoms. The summed E-state index contributed by atoms with van der Waals surface area (Å²) in [4.78, 5) is 15.1. The van der Waals surface area contributed by atoms with Gasteiger partial charge in [-0.2, -0.15) is 8.42 Å². The molecule has 2 aliphatic rings. The van der Waals surface area contributed by atoms with Crippen LogP contribution in [0.25, 0.3) is 0 Å². The first-order valence-electron chi connectivity index (χ1n) is 8.28. The molecule has 1 aromatic rings. The number of nitrogens with zero attached hydrogens (tertiary/aromatic N) is 2. The Hall–Kier alpha value is -1.91. The lowest BCUT2D eigenvalue weighted by atomic mass is 10.1. The van der Waals surface area contributed by atoms with Gasteiger partial charge in [-0.25, -0.2) is 9.18 Å². The molecule has 2 heterocycles. The number of halogens is 1. The second-order valence-electron chi connectivity index (χ2n) is 6.46. The van der Waals surface area contributed by atoms with Crippen LogP contribution in [-0.4, -0.2) is 64.3 Å². The SMILES string of the molecule is CS(=O)(=O)OC[C@H]1CN(c2ccc(N3CCC(O)CC3)c(F)c2)C(=O)O1. The van der Waals surface area contributed by atoms with Crippen molar-refractivity contribution < 1.29 is 31.6 Å². The summed E-state index contributed by atoms with van der Waals surface area (Å²) in [6, 6.07) is 4.46. The normalized spacial score (nSPS) is 22.0. The van der Waals surface area contributed by atoms with Crippen LogP contribution in [0.1, 0.15) is 12.8 Å². The van der Waals surface area contributed by atoms with Gasteiger partial charge in [-0.3, -0.25) is 9.08 Å². The largest absolute Gasteiger partial charge is 0.441 e. The molecule has 0 bridgehead atoms. The van der Waals surface area contributed by atoms with Crippen molar-refractivity contribution in [2.45, 2.75) is 25.0 Å². The van der Waals surface area contributed by atoms with Gasteiger partial charge < -0.3 is 14.7 Å². The van der Waals surface area contributed by atoms with Crippen molar-refractivity contribution in [3.8, 4) is 0 Å². The number of carbonyl (C=O) groups excluding carboxylic acids is 1. The molecule has 8 nitrogen and oxygen atoms in total. The van der Waals surface area contributed by atoms with Gasteiger partial charge in [0.05, 0.1) is 30.3 Å². The maximum atomic E-state index is 14.5. The number of cyclic esters (lactones) is 1. The molecule has 3 rings (SSSR count). The monoisotopic (exact) mass is 388 g/mol. The third kappa shape index (κ3) is 4.43. The molecule has 144 valence electrons. The molecule has 2 saturated heterocycles. The zero-order valence-corrected chi connectivity index (χ0v) is 15.1. The fourth-order valence-electron chi connectivity index (χ4n) is 3.05. The van der Waals surface area contributed by atoms with Crippen molar-refractivity contribution in [3.05, 3.63) is 24.0 Å². The van der Waals surface area contributed by atoms with E-state index in [1.165, 1.54) is 11.0 Å². The molecule has 0 radical (unpaired) electrons. The Morgan fingerprint density at radius 3 is 2.65 bits per heavy atom. The van der Waals surface area contributed by atoms with E-state index in [9.17, 15) is 22.7 Å². The minimum absolute atomic E-state index is 0.0725. The number of aliphatic hydroxyl groups excluding tert-OH is 1. The molecule has 0 aliphatic carbocycles. The zero-order chi connectivity index (χ0) is 18.9. The Labute approximate surface area is 151 Å². The highest BCUT2D eigenvalue weighted by Crippen LogP contribution is 2.29. The van der Waals surface area contributed by atoms with Crippen molar-refractivity contribution in [2.75, 3.05) is 42.3 Å². The van der Waals surface area contributed by atoms with Crippen LogP contribution in [0.5, 0.6) is 0 Å². The highest BCUT2D eigenvalue weighted by atomic mass is 32.2. The van der Waals surface area contributed by atoms with Gasteiger partial charge in [0.2, 0.25) is 0 Å². The molecule has 1 atom stereocenters. The first-order valence-corrected chi connectivity index (χ1v) is 10.1. The topological polar surface area (TPSA) is 96.4 Å². The Balaban J connectivity index is 1.68. The number of ether oxygens (including phenoxy) is 1. The number of amides is 1. The van der Waals surface area contributed by atoms with E-state index in [0.717, 1.165) is 6.26 Å². The number of anilines is 2. The second-order valence-corrected chi connectivity index (χ2v) is 8.10. The zero-order valence-electron chi connectivity index (χ0n) is 14.3. The lowest BCUT2D eigenvalue weighted by Crippen LogP contribution is -2.36. The number of aliphatic hydroxyl groups is 1. The average Bonchev–Trinajstić information content (AvgIpc) is 2.94. The number of hydrogen-bond donors (Lipinski definition) is 1. The molecule has 2 fully saturated rings. The van der Waals surface area contributed by atoms with Crippen LogP contribution in [0.4, 0.5) is 20.6 Å². The minimum atomic E-state index is -3.63. The first kappa shape index (κ1) is 18.9. The molecule has 1 amide bonds. The Bertz CT molecular complexity index is 779. The smallest absolute Gasteiger partial charge is 0.414 e. The van der Waals surface area contributed by atoms with E-state index in [2.05, 4.69) is 4.18 Å². The molecule has 26 heavy (non-hydrogen) atoms. The third-order valence-electron chi connectivity index (χ3n) is 4.39. The predicted octanol–water partition coefficient (Wildman–Crippen LogP) is 1.09. The summed E-state index contributed by atoms with van der Waals surface area (Å²) in [6.07, 6.45) is 0.307. The molecule has 1 aromatic carbocycles. The summed E-state index contributed by atoms with van der Waals surface area (Å²) >= 11 is 0. The van der Waals surface area contributed by atoms with Crippen LogP contribution in [0.15, 0.2) is 18.2 Å². The molecule has 0 saturated carbocycles. The fraction of sp³-hybridized carbons (Fsp3) is 0.562. The quantitative estimate of drug-likeness (QED) is 0.754. The summed E-state index contributed by atoms with van der Waals surface area (Å²) in [7, 11) is -3.63. The first-order chi connectivity index (χ1) is 12.2. The van der Waals surface area contributed by atoms with Crippen LogP contribution >= 0.6 is 0 Å². The summed E-state index contributed by atoms with van der Waals surface area (Å²) in [6.45, 7) is 0.920. The van der Waals surface area contributed by atoms with Crippen LogP contribution in [0.3, 0.4) is 0 Å². The van der Waals surface area contributed by atoms with E-state index in [0.29, 0.717) is 37.3 Å². The van der Waals surface area contributed by atoms with Gasteiger partial charge in [-0.05, 0) is 31.0 Å². The van der Waals surface area contributed by atoms with Gasteiger partial charge >= 0.3 is 6.09 Å². The molecular formula is C16H21FN2O6S. The molecule has 10 heteroatoms.